The highest BCUT2D eigenvalue weighted by Gasteiger charge is 2.19. The van der Waals surface area contributed by atoms with Gasteiger partial charge in [0.15, 0.2) is 0 Å². The average Bonchev–Trinajstić information content (AvgIpc) is 2.98. The molecule has 0 aliphatic rings. The van der Waals surface area contributed by atoms with E-state index >= 15 is 0 Å². The van der Waals surface area contributed by atoms with Gasteiger partial charge in [0.2, 0.25) is 10.0 Å². The zero-order valence-electron chi connectivity index (χ0n) is 11.9. The molecule has 0 unspecified atom stereocenters. The van der Waals surface area contributed by atoms with Gasteiger partial charge in [0.25, 0.3) is 0 Å². The van der Waals surface area contributed by atoms with Gasteiger partial charge in [-0.05, 0) is 24.7 Å². The lowest BCUT2D eigenvalue weighted by atomic mass is 10.2. The number of methoxy groups -OCH3 is 1. The molecule has 0 fully saturated rings. The molecule has 1 aromatic carbocycles. The van der Waals surface area contributed by atoms with Crippen molar-refractivity contribution in [3.8, 4) is 5.75 Å². The second kappa shape index (κ2) is 6.70. The highest BCUT2D eigenvalue weighted by atomic mass is 32.2. The molecule has 0 atom stereocenters. The molecular formula is C13H18N4O3S. The van der Waals surface area contributed by atoms with Crippen LogP contribution in [0.5, 0.6) is 5.75 Å². The van der Waals surface area contributed by atoms with E-state index in [2.05, 4.69) is 20.0 Å². The third kappa shape index (κ3) is 3.81. The van der Waals surface area contributed by atoms with E-state index in [0.29, 0.717) is 18.0 Å². The Morgan fingerprint density at radius 1 is 1.33 bits per heavy atom. The molecule has 0 saturated carbocycles. The molecule has 0 bridgehead atoms. The molecule has 1 aromatic heterocycles. The van der Waals surface area contributed by atoms with E-state index in [9.17, 15) is 8.42 Å². The summed E-state index contributed by atoms with van der Waals surface area (Å²) in [6.45, 7) is 0.780. The second-order valence-corrected chi connectivity index (χ2v) is 6.15. The summed E-state index contributed by atoms with van der Waals surface area (Å²) in [4.78, 5) is 6.79. The van der Waals surface area contributed by atoms with Crippen molar-refractivity contribution < 1.29 is 13.2 Å². The van der Waals surface area contributed by atoms with E-state index < -0.39 is 10.0 Å². The predicted octanol–water partition coefficient (Wildman–Crippen LogP) is 0.616. The highest BCUT2D eigenvalue weighted by molar-refractivity contribution is 7.89. The van der Waals surface area contributed by atoms with Gasteiger partial charge in [0, 0.05) is 18.4 Å². The summed E-state index contributed by atoms with van der Waals surface area (Å²) >= 11 is 0. The SMILES string of the molecule is CNCc1ccc(S(=O)(=O)NCc2cnc[nH]2)c(OC)c1. The third-order valence-electron chi connectivity index (χ3n) is 2.91. The lowest BCUT2D eigenvalue weighted by Crippen LogP contribution is -2.24. The van der Waals surface area contributed by atoms with Gasteiger partial charge in [-0.25, -0.2) is 18.1 Å². The van der Waals surface area contributed by atoms with Gasteiger partial charge in [-0.1, -0.05) is 6.07 Å². The van der Waals surface area contributed by atoms with Crippen molar-refractivity contribution >= 4 is 10.0 Å². The maximum Gasteiger partial charge on any atom is 0.244 e. The Morgan fingerprint density at radius 2 is 2.14 bits per heavy atom. The number of benzene rings is 1. The number of nitrogens with one attached hydrogen (secondary N) is 3. The van der Waals surface area contributed by atoms with Crippen LogP contribution in [-0.4, -0.2) is 32.5 Å². The molecule has 21 heavy (non-hydrogen) atoms. The maximum atomic E-state index is 12.3. The molecule has 0 aliphatic heterocycles. The highest BCUT2D eigenvalue weighted by Crippen LogP contribution is 2.25. The number of imidazole rings is 1. The van der Waals surface area contributed by atoms with Crippen molar-refractivity contribution in [1.82, 2.24) is 20.0 Å². The van der Waals surface area contributed by atoms with Gasteiger partial charge in [-0.2, -0.15) is 0 Å². The van der Waals surface area contributed by atoms with Crippen LogP contribution in [0.15, 0.2) is 35.6 Å². The summed E-state index contributed by atoms with van der Waals surface area (Å²) in [5, 5.41) is 3.01. The minimum absolute atomic E-state index is 0.115. The largest absolute Gasteiger partial charge is 0.495 e. The van der Waals surface area contributed by atoms with E-state index in [0.717, 1.165) is 5.56 Å². The molecule has 0 aliphatic carbocycles. The van der Waals surface area contributed by atoms with E-state index in [4.69, 9.17) is 4.74 Å². The number of hydrogen-bond acceptors (Lipinski definition) is 5. The number of ether oxygens (including phenoxy) is 1. The third-order valence-corrected chi connectivity index (χ3v) is 4.35. The van der Waals surface area contributed by atoms with E-state index in [1.807, 2.05) is 7.05 Å². The smallest absolute Gasteiger partial charge is 0.244 e. The van der Waals surface area contributed by atoms with Gasteiger partial charge >= 0.3 is 0 Å². The standard InChI is InChI=1S/C13H18N4O3S/c1-14-6-10-3-4-13(12(5-10)20-2)21(18,19)17-8-11-7-15-9-16-11/h3-5,7,9,14,17H,6,8H2,1-2H3,(H,15,16). The fourth-order valence-corrected chi connectivity index (χ4v) is 3.04. The summed E-state index contributed by atoms with van der Waals surface area (Å²) in [5.41, 5.74) is 1.63. The molecule has 0 spiro atoms. The number of rotatable bonds is 7. The monoisotopic (exact) mass is 310 g/mol. The summed E-state index contributed by atoms with van der Waals surface area (Å²) in [5.74, 6) is 0.319. The molecule has 8 heteroatoms. The van der Waals surface area contributed by atoms with Crippen molar-refractivity contribution in [2.45, 2.75) is 18.0 Å². The number of sulfonamides is 1. The predicted molar refractivity (Wildman–Crippen MR) is 78.4 cm³/mol. The Morgan fingerprint density at radius 3 is 2.76 bits per heavy atom. The van der Waals surface area contributed by atoms with Gasteiger partial charge in [-0.3, -0.25) is 0 Å². The number of H-pyrrole nitrogens is 1. The van der Waals surface area contributed by atoms with Crippen molar-refractivity contribution in [2.24, 2.45) is 0 Å². The van der Waals surface area contributed by atoms with Crippen LogP contribution in [0.25, 0.3) is 0 Å². The molecule has 7 nitrogen and oxygen atoms in total. The van der Waals surface area contributed by atoms with Crippen LogP contribution >= 0.6 is 0 Å². The van der Waals surface area contributed by atoms with Crippen LogP contribution in [0.4, 0.5) is 0 Å². The van der Waals surface area contributed by atoms with Gasteiger partial charge in [-0.15, -0.1) is 0 Å². The minimum Gasteiger partial charge on any atom is -0.495 e. The number of aromatic nitrogens is 2. The first-order chi connectivity index (χ1) is 10.1. The summed E-state index contributed by atoms with van der Waals surface area (Å²) in [6, 6.07) is 5.01. The molecule has 0 amide bonds. The van der Waals surface area contributed by atoms with E-state index in [1.165, 1.54) is 13.4 Å². The van der Waals surface area contributed by atoms with Crippen molar-refractivity contribution in [2.75, 3.05) is 14.2 Å². The Kier molecular flexibility index (Phi) is 4.94. The van der Waals surface area contributed by atoms with Crippen LogP contribution in [-0.2, 0) is 23.1 Å². The normalized spacial score (nSPS) is 11.5. The van der Waals surface area contributed by atoms with Crippen molar-refractivity contribution in [3.05, 3.63) is 42.0 Å². The van der Waals surface area contributed by atoms with Crippen LogP contribution in [0.3, 0.4) is 0 Å². The maximum absolute atomic E-state index is 12.3. The molecule has 3 N–H and O–H groups in total. The van der Waals surface area contributed by atoms with Crippen LogP contribution in [0.2, 0.25) is 0 Å². The Labute approximate surface area is 123 Å². The quantitative estimate of drug-likeness (QED) is 0.696. The lowest BCUT2D eigenvalue weighted by Gasteiger charge is -2.12. The van der Waals surface area contributed by atoms with Crippen LogP contribution in [0.1, 0.15) is 11.3 Å². The van der Waals surface area contributed by atoms with E-state index in [-0.39, 0.29) is 11.4 Å². The molecule has 0 radical (unpaired) electrons. The molecule has 1 heterocycles. The number of nitrogens with zero attached hydrogens (tertiary/aromatic N) is 1. The fraction of sp³-hybridized carbons (Fsp3) is 0.308. The zero-order chi connectivity index (χ0) is 15.3. The summed E-state index contributed by atoms with van der Waals surface area (Å²) in [7, 11) is -0.381. The Hall–Kier alpha value is -1.90. The lowest BCUT2D eigenvalue weighted by molar-refractivity contribution is 0.401. The second-order valence-electron chi connectivity index (χ2n) is 4.42. The number of hydrogen-bond donors (Lipinski definition) is 3. The van der Waals surface area contributed by atoms with E-state index in [1.54, 1.807) is 24.4 Å². The molecule has 114 valence electrons. The first kappa shape index (κ1) is 15.5. The number of aromatic amines is 1. The first-order valence-corrected chi connectivity index (χ1v) is 7.83. The zero-order valence-corrected chi connectivity index (χ0v) is 12.7. The molecule has 2 rings (SSSR count). The Bertz CT molecular complexity index is 683. The van der Waals surface area contributed by atoms with Crippen LogP contribution in [0, 0.1) is 0 Å². The average molecular weight is 310 g/mol. The Balaban J connectivity index is 2.22. The molecule has 0 saturated heterocycles. The summed E-state index contributed by atoms with van der Waals surface area (Å²) in [6.07, 6.45) is 3.06. The van der Waals surface area contributed by atoms with Crippen LogP contribution < -0.4 is 14.8 Å². The molecular weight excluding hydrogens is 292 g/mol. The molecule has 2 aromatic rings. The summed E-state index contributed by atoms with van der Waals surface area (Å²) < 4.78 is 32.4. The fourth-order valence-electron chi connectivity index (χ4n) is 1.88. The van der Waals surface area contributed by atoms with Crippen molar-refractivity contribution in [1.29, 1.82) is 0 Å². The first-order valence-electron chi connectivity index (χ1n) is 6.35. The topological polar surface area (TPSA) is 96.1 Å². The van der Waals surface area contributed by atoms with Crippen molar-refractivity contribution in [3.63, 3.8) is 0 Å². The minimum atomic E-state index is -3.65. The van der Waals surface area contributed by atoms with Gasteiger partial charge in [0.05, 0.1) is 20.0 Å². The van der Waals surface area contributed by atoms with Gasteiger partial charge in [0.1, 0.15) is 10.6 Å². The van der Waals surface area contributed by atoms with Gasteiger partial charge < -0.3 is 15.0 Å².